The Morgan fingerprint density at radius 3 is 2.67 bits per heavy atom. The zero-order valence-corrected chi connectivity index (χ0v) is 9.31. The molecule has 2 aromatic carbocycles. The van der Waals surface area contributed by atoms with E-state index >= 15 is 0 Å². The summed E-state index contributed by atoms with van der Waals surface area (Å²) in [6.45, 7) is 0. The summed E-state index contributed by atoms with van der Waals surface area (Å²) in [5, 5.41) is 2.32. The molecule has 2 rings (SSSR count). The molecule has 1 radical (unpaired) electrons. The molecule has 0 amide bonds. The average Bonchev–Trinajstić information content (AvgIpc) is 2.12. The minimum absolute atomic E-state index is 1.04. The van der Waals surface area contributed by atoms with Crippen molar-refractivity contribution in [2.24, 2.45) is 0 Å². The number of benzene rings is 2. The molecule has 0 aliphatic carbocycles. The van der Waals surface area contributed by atoms with Crippen LogP contribution in [0, 0.1) is 6.07 Å². The molecule has 0 atom stereocenters. The van der Waals surface area contributed by atoms with Crippen LogP contribution in [0.3, 0.4) is 0 Å². The Hall–Kier alpha value is -0.340. The second kappa shape index (κ2) is 3.19. The summed E-state index contributed by atoms with van der Waals surface area (Å²) < 4.78 is 2.14. The predicted octanol–water partition coefficient (Wildman–Crippen LogP) is 4.16. The maximum atomic E-state index is 3.51. The van der Waals surface area contributed by atoms with E-state index < -0.39 is 0 Å². The van der Waals surface area contributed by atoms with Crippen molar-refractivity contribution in [3.05, 3.63) is 45.3 Å². The van der Waals surface area contributed by atoms with E-state index in [9.17, 15) is 0 Å². The van der Waals surface area contributed by atoms with Gasteiger partial charge in [-0.15, -0.1) is 0 Å². The van der Waals surface area contributed by atoms with Gasteiger partial charge in [0.05, 0.1) is 0 Å². The first-order chi connectivity index (χ1) is 5.79. The van der Waals surface area contributed by atoms with Gasteiger partial charge in [0.25, 0.3) is 0 Å². The Labute approximate surface area is 87.8 Å². The molecule has 0 aliphatic rings. The highest BCUT2D eigenvalue weighted by atomic mass is 79.9. The molecule has 0 fully saturated rings. The smallest absolute Gasteiger partial charge is 0.0396 e. The summed E-state index contributed by atoms with van der Waals surface area (Å²) in [4.78, 5) is 0. The van der Waals surface area contributed by atoms with Gasteiger partial charge >= 0.3 is 0 Å². The van der Waals surface area contributed by atoms with E-state index in [2.05, 4.69) is 44.0 Å². The van der Waals surface area contributed by atoms with Crippen molar-refractivity contribution in [2.75, 3.05) is 0 Å². The van der Waals surface area contributed by atoms with Crippen LogP contribution < -0.4 is 0 Å². The molecule has 0 heterocycles. The molecule has 0 saturated heterocycles. The minimum Gasteiger partial charge on any atom is -0.0616 e. The molecule has 0 unspecified atom stereocenters. The molecule has 59 valence electrons. The predicted molar refractivity (Wildman–Crippen MR) is 58.2 cm³/mol. The third-order valence-corrected chi connectivity index (χ3v) is 3.74. The van der Waals surface area contributed by atoms with Gasteiger partial charge in [-0.1, -0.05) is 24.3 Å². The third kappa shape index (κ3) is 1.29. The molecular formula is C10H5Br2. The van der Waals surface area contributed by atoms with Crippen LogP contribution >= 0.6 is 31.9 Å². The zero-order chi connectivity index (χ0) is 8.55. The fraction of sp³-hybridized carbons (Fsp3) is 0. The molecule has 0 saturated carbocycles. The normalized spacial score (nSPS) is 10.5. The SMILES string of the molecule is Brc1c[c]c2ccccc2c1Br. The number of hydrogen-bond acceptors (Lipinski definition) is 0. The topological polar surface area (TPSA) is 0 Å². The first kappa shape index (κ1) is 8.27. The monoisotopic (exact) mass is 283 g/mol. The van der Waals surface area contributed by atoms with E-state index in [1.165, 1.54) is 5.39 Å². The number of halogens is 2. The van der Waals surface area contributed by atoms with Gasteiger partial charge in [0.15, 0.2) is 0 Å². The lowest BCUT2D eigenvalue weighted by molar-refractivity contribution is 1.64. The summed E-state index contributed by atoms with van der Waals surface area (Å²) in [6.07, 6.45) is 0. The summed E-state index contributed by atoms with van der Waals surface area (Å²) in [6, 6.07) is 13.3. The molecular weight excluding hydrogens is 280 g/mol. The van der Waals surface area contributed by atoms with Gasteiger partial charge < -0.3 is 0 Å². The molecule has 0 N–H and O–H groups in total. The van der Waals surface area contributed by atoms with Gasteiger partial charge in [-0.25, -0.2) is 0 Å². The highest BCUT2D eigenvalue weighted by Crippen LogP contribution is 2.30. The van der Waals surface area contributed by atoms with Crippen LogP contribution in [0.15, 0.2) is 39.3 Å². The maximum absolute atomic E-state index is 3.51. The van der Waals surface area contributed by atoms with Crippen LogP contribution in [0.1, 0.15) is 0 Å². The van der Waals surface area contributed by atoms with E-state index in [-0.39, 0.29) is 0 Å². The molecule has 0 aromatic heterocycles. The fourth-order valence-corrected chi connectivity index (χ4v) is 1.92. The maximum Gasteiger partial charge on any atom is 0.0396 e. The van der Waals surface area contributed by atoms with Gasteiger partial charge in [-0.3, -0.25) is 0 Å². The first-order valence-electron chi connectivity index (χ1n) is 3.53. The van der Waals surface area contributed by atoms with Crippen molar-refractivity contribution < 1.29 is 0 Å². The van der Waals surface area contributed by atoms with Crippen molar-refractivity contribution in [3.8, 4) is 0 Å². The first-order valence-corrected chi connectivity index (χ1v) is 5.12. The molecule has 0 bridgehead atoms. The fourth-order valence-electron chi connectivity index (χ4n) is 1.13. The molecule has 0 spiro atoms. The second-order valence-corrected chi connectivity index (χ2v) is 4.14. The van der Waals surface area contributed by atoms with Gasteiger partial charge in [0, 0.05) is 8.95 Å². The summed E-state index contributed by atoms with van der Waals surface area (Å²) in [7, 11) is 0. The highest BCUT2D eigenvalue weighted by Gasteiger charge is 2.00. The highest BCUT2D eigenvalue weighted by molar-refractivity contribution is 9.13. The number of hydrogen-bond donors (Lipinski definition) is 0. The Morgan fingerprint density at radius 1 is 1.08 bits per heavy atom. The van der Waals surface area contributed by atoms with Crippen molar-refractivity contribution in [1.82, 2.24) is 0 Å². The summed E-state index contributed by atoms with van der Waals surface area (Å²) >= 11 is 6.95. The number of fused-ring (bicyclic) bond motifs is 1. The Kier molecular flexibility index (Phi) is 2.20. The van der Waals surface area contributed by atoms with Crippen LogP contribution in [-0.2, 0) is 0 Å². The van der Waals surface area contributed by atoms with E-state index in [4.69, 9.17) is 0 Å². The summed E-state index contributed by atoms with van der Waals surface area (Å²) in [5.74, 6) is 0. The lowest BCUT2D eigenvalue weighted by atomic mass is 10.1. The molecule has 2 aromatic rings. The van der Waals surface area contributed by atoms with Gasteiger partial charge in [0.2, 0.25) is 0 Å². The Balaban J connectivity index is 2.91. The van der Waals surface area contributed by atoms with E-state index in [1.54, 1.807) is 0 Å². The van der Waals surface area contributed by atoms with Crippen molar-refractivity contribution in [1.29, 1.82) is 0 Å². The number of rotatable bonds is 0. The largest absolute Gasteiger partial charge is 0.0616 e. The van der Waals surface area contributed by atoms with Crippen molar-refractivity contribution in [2.45, 2.75) is 0 Å². The minimum atomic E-state index is 1.04. The van der Waals surface area contributed by atoms with E-state index in [0.717, 1.165) is 14.3 Å². The van der Waals surface area contributed by atoms with Crippen molar-refractivity contribution in [3.63, 3.8) is 0 Å². The van der Waals surface area contributed by atoms with Crippen LogP contribution in [0.2, 0.25) is 0 Å². The zero-order valence-electron chi connectivity index (χ0n) is 6.14. The van der Waals surface area contributed by atoms with Gasteiger partial charge in [-0.05, 0) is 54.8 Å². The second-order valence-electron chi connectivity index (χ2n) is 2.50. The molecule has 0 aliphatic heterocycles. The molecule has 12 heavy (non-hydrogen) atoms. The van der Waals surface area contributed by atoms with Crippen LogP contribution in [-0.4, -0.2) is 0 Å². The average molecular weight is 285 g/mol. The van der Waals surface area contributed by atoms with E-state index in [0.29, 0.717) is 0 Å². The Bertz CT molecular complexity index is 421. The quantitative estimate of drug-likeness (QED) is 0.681. The lowest BCUT2D eigenvalue weighted by Crippen LogP contribution is -1.75. The van der Waals surface area contributed by atoms with Crippen LogP contribution in [0.25, 0.3) is 10.8 Å². The summed E-state index contributed by atoms with van der Waals surface area (Å²) in [5.41, 5.74) is 0. The van der Waals surface area contributed by atoms with Crippen LogP contribution in [0.4, 0.5) is 0 Å². The van der Waals surface area contributed by atoms with Crippen molar-refractivity contribution >= 4 is 42.6 Å². The van der Waals surface area contributed by atoms with Gasteiger partial charge in [0.1, 0.15) is 0 Å². The standard InChI is InChI=1S/C10H5Br2/c11-9-6-5-7-3-1-2-4-8(7)10(9)12/h1-4,6H. The molecule has 0 nitrogen and oxygen atoms in total. The molecule has 2 heteroatoms. The Morgan fingerprint density at radius 2 is 1.83 bits per heavy atom. The third-order valence-electron chi connectivity index (χ3n) is 1.73. The van der Waals surface area contributed by atoms with Gasteiger partial charge in [-0.2, -0.15) is 0 Å². The van der Waals surface area contributed by atoms with E-state index in [1.807, 2.05) is 24.3 Å². The van der Waals surface area contributed by atoms with Crippen LogP contribution in [0.5, 0.6) is 0 Å². The lowest BCUT2D eigenvalue weighted by Gasteiger charge is -2.00.